The van der Waals surface area contributed by atoms with Crippen molar-refractivity contribution in [3.05, 3.63) is 47.7 Å². The standard InChI is InChI=1S/C21H22N6O3/c1-4-13(5-2)27-20(29)14-8-6-9-15(18(14)21(27)30)24-25-16(12-22)19(28)23-17-10-7-11-26(17)3/h6-11,13,24H,4-5H2,1-3H3,(H,23,28). The molecule has 0 spiro atoms. The van der Waals surface area contributed by atoms with Crippen LogP contribution < -0.4 is 10.7 Å². The first-order chi connectivity index (χ1) is 14.4. The van der Waals surface area contributed by atoms with Crippen molar-refractivity contribution >= 4 is 34.9 Å². The molecule has 3 rings (SSSR count). The molecule has 3 amide bonds. The van der Waals surface area contributed by atoms with Crippen molar-refractivity contribution in [3.63, 3.8) is 0 Å². The van der Waals surface area contributed by atoms with Crippen LogP contribution in [0.1, 0.15) is 47.4 Å². The molecule has 0 saturated heterocycles. The predicted molar refractivity (Wildman–Crippen MR) is 112 cm³/mol. The van der Waals surface area contributed by atoms with E-state index in [-0.39, 0.29) is 28.8 Å². The summed E-state index contributed by atoms with van der Waals surface area (Å²) in [5.41, 5.74) is 2.93. The lowest BCUT2D eigenvalue weighted by Gasteiger charge is -2.23. The lowest BCUT2D eigenvalue weighted by atomic mass is 10.1. The van der Waals surface area contributed by atoms with E-state index in [1.165, 1.54) is 4.90 Å². The number of hydrazone groups is 1. The Morgan fingerprint density at radius 1 is 1.17 bits per heavy atom. The fourth-order valence-corrected chi connectivity index (χ4v) is 3.39. The fourth-order valence-electron chi connectivity index (χ4n) is 3.39. The molecule has 0 aliphatic carbocycles. The molecule has 30 heavy (non-hydrogen) atoms. The van der Waals surface area contributed by atoms with E-state index in [9.17, 15) is 19.6 Å². The Bertz CT molecular complexity index is 1070. The Hall–Kier alpha value is -3.93. The molecule has 0 bridgehead atoms. The van der Waals surface area contributed by atoms with Crippen LogP contribution in [-0.2, 0) is 11.8 Å². The molecule has 9 nitrogen and oxygen atoms in total. The molecule has 2 aromatic rings. The molecular weight excluding hydrogens is 384 g/mol. The zero-order chi connectivity index (χ0) is 21.8. The number of imide groups is 1. The number of fused-ring (bicyclic) bond motifs is 1. The van der Waals surface area contributed by atoms with Crippen molar-refractivity contribution in [2.45, 2.75) is 32.7 Å². The monoisotopic (exact) mass is 406 g/mol. The molecular formula is C21H22N6O3. The van der Waals surface area contributed by atoms with E-state index in [0.717, 1.165) is 0 Å². The SMILES string of the molecule is CCC(CC)N1C(=O)c2cccc(NN=C(C#N)C(=O)Nc3cccn3C)c2C1=O. The number of nitrogens with zero attached hydrogens (tertiary/aromatic N) is 4. The molecule has 2 N–H and O–H groups in total. The second-order valence-corrected chi connectivity index (χ2v) is 6.82. The maximum absolute atomic E-state index is 13.0. The zero-order valence-corrected chi connectivity index (χ0v) is 17.0. The first-order valence-corrected chi connectivity index (χ1v) is 9.60. The minimum atomic E-state index is -0.694. The van der Waals surface area contributed by atoms with Crippen LogP contribution in [0.3, 0.4) is 0 Å². The average molecular weight is 406 g/mol. The predicted octanol–water partition coefficient (Wildman–Crippen LogP) is 2.74. The average Bonchev–Trinajstić information content (AvgIpc) is 3.25. The van der Waals surface area contributed by atoms with Crippen molar-refractivity contribution < 1.29 is 14.4 Å². The third-order valence-corrected chi connectivity index (χ3v) is 5.05. The van der Waals surface area contributed by atoms with Crippen molar-refractivity contribution in [2.24, 2.45) is 12.1 Å². The van der Waals surface area contributed by atoms with Crippen molar-refractivity contribution in [1.29, 1.82) is 5.26 Å². The van der Waals surface area contributed by atoms with E-state index in [1.54, 1.807) is 54.2 Å². The van der Waals surface area contributed by atoms with Gasteiger partial charge in [-0.25, -0.2) is 0 Å². The van der Waals surface area contributed by atoms with Gasteiger partial charge in [0.15, 0.2) is 0 Å². The van der Waals surface area contributed by atoms with Gasteiger partial charge in [0.25, 0.3) is 17.7 Å². The Balaban J connectivity index is 1.86. The van der Waals surface area contributed by atoms with E-state index in [1.807, 2.05) is 13.8 Å². The number of amides is 3. The van der Waals surface area contributed by atoms with E-state index in [4.69, 9.17) is 0 Å². The lowest BCUT2D eigenvalue weighted by Crippen LogP contribution is -2.39. The molecule has 1 aromatic heterocycles. The second-order valence-electron chi connectivity index (χ2n) is 6.82. The highest BCUT2D eigenvalue weighted by Crippen LogP contribution is 2.32. The summed E-state index contributed by atoms with van der Waals surface area (Å²) in [6.07, 6.45) is 3.06. The van der Waals surface area contributed by atoms with Crippen LogP contribution in [-0.4, -0.2) is 38.9 Å². The summed E-state index contributed by atoms with van der Waals surface area (Å²) < 4.78 is 1.68. The van der Waals surface area contributed by atoms with Crippen LogP contribution in [0.25, 0.3) is 0 Å². The first-order valence-electron chi connectivity index (χ1n) is 9.60. The number of rotatable bonds is 7. The molecule has 0 unspecified atom stereocenters. The maximum Gasteiger partial charge on any atom is 0.288 e. The Labute approximate surface area is 174 Å². The van der Waals surface area contributed by atoms with Crippen molar-refractivity contribution in [3.8, 4) is 6.07 Å². The Kier molecular flexibility index (Phi) is 5.97. The van der Waals surface area contributed by atoms with Gasteiger partial charge in [0.1, 0.15) is 11.9 Å². The van der Waals surface area contributed by atoms with Gasteiger partial charge in [0, 0.05) is 19.3 Å². The van der Waals surface area contributed by atoms with Crippen LogP contribution in [0.2, 0.25) is 0 Å². The van der Waals surface area contributed by atoms with Gasteiger partial charge >= 0.3 is 0 Å². The first kappa shape index (κ1) is 20.8. The fraction of sp³-hybridized carbons (Fsp3) is 0.286. The number of aromatic nitrogens is 1. The summed E-state index contributed by atoms with van der Waals surface area (Å²) >= 11 is 0. The zero-order valence-electron chi connectivity index (χ0n) is 17.0. The molecule has 0 saturated carbocycles. The number of anilines is 2. The van der Waals surface area contributed by atoms with Crippen LogP contribution >= 0.6 is 0 Å². The maximum atomic E-state index is 13.0. The molecule has 1 aromatic carbocycles. The number of hydrogen-bond donors (Lipinski definition) is 2. The number of hydrogen-bond acceptors (Lipinski definition) is 6. The van der Waals surface area contributed by atoms with Gasteiger partial charge in [0.2, 0.25) is 5.71 Å². The summed E-state index contributed by atoms with van der Waals surface area (Å²) in [5, 5.41) is 15.8. The third-order valence-electron chi connectivity index (χ3n) is 5.05. The molecule has 2 heterocycles. The lowest BCUT2D eigenvalue weighted by molar-refractivity contribution is -0.110. The number of carbonyl (C=O) groups is 3. The highest BCUT2D eigenvalue weighted by atomic mass is 16.2. The molecule has 0 radical (unpaired) electrons. The van der Waals surface area contributed by atoms with Crippen LogP contribution in [0.4, 0.5) is 11.5 Å². The van der Waals surface area contributed by atoms with Crippen LogP contribution in [0, 0.1) is 11.3 Å². The van der Waals surface area contributed by atoms with Gasteiger partial charge in [-0.15, -0.1) is 0 Å². The smallest absolute Gasteiger partial charge is 0.288 e. The van der Waals surface area contributed by atoms with Crippen LogP contribution in [0.5, 0.6) is 0 Å². The molecule has 154 valence electrons. The summed E-state index contributed by atoms with van der Waals surface area (Å²) in [6.45, 7) is 3.84. The van der Waals surface area contributed by atoms with E-state index in [0.29, 0.717) is 18.7 Å². The van der Waals surface area contributed by atoms with E-state index in [2.05, 4.69) is 15.8 Å². The normalized spacial score (nSPS) is 13.4. The van der Waals surface area contributed by atoms with Gasteiger partial charge in [0.05, 0.1) is 16.8 Å². The molecule has 0 fully saturated rings. The second kappa shape index (κ2) is 8.61. The number of carbonyl (C=O) groups excluding carboxylic acids is 3. The highest BCUT2D eigenvalue weighted by molar-refractivity contribution is 6.48. The van der Waals surface area contributed by atoms with Gasteiger partial charge in [-0.3, -0.25) is 24.7 Å². The van der Waals surface area contributed by atoms with Gasteiger partial charge in [-0.2, -0.15) is 10.4 Å². The van der Waals surface area contributed by atoms with Crippen molar-refractivity contribution in [2.75, 3.05) is 10.7 Å². The number of benzene rings is 1. The topological polar surface area (TPSA) is 120 Å². The minimum absolute atomic E-state index is 0.193. The van der Waals surface area contributed by atoms with E-state index < -0.39 is 17.5 Å². The Morgan fingerprint density at radius 2 is 1.90 bits per heavy atom. The van der Waals surface area contributed by atoms with Crippen molar-refractivity contribution in [1.82, 2.24) is 9.47 Å². The third kappa shape index (κ3) is 3.67. The minimum Gasteiger partial charge on any atom is -0.338 e. The van der Waals surface area contributed by atoms with E-state index >= 15 is 0 Å². The summed E-state index contributed by atoms with van der Waals surface area (Å²) in [7, 11) is 1.75. The van der Waals surface area contributed by atoms with Gasteiger partial charge in [-0.1, -0.05) is 19.9 Å². The summed E-state index contributed by atoms with van der Waals surface area (Å²) in [6, 6.07) is 9.76. The number of nitrogens with one attached hydrogen (secondary N) is 2. The molecule has 1 aliphatic heterocycles. The summed E-state index contributed by atoms with van der Waals surface area (Å²) in [5.74, 6) is -0.947. The molecule has 0 atom stereocenters. The Morgan fingerprint density at radius 3 is 2.50 bits per heavy atom. The van der Waals surface area contributed by atoms with Crippen LogP contribution in [0.15, 0.2) is 41.6 Å². The summed E-state index contributed by atoms with van der Waals surface area (Å²) in [4.78, 5) is 39.3. The molecule has 1 aliphatic rings. The quantitative estimate of drug-likeness (QED) is 0.416. The highest BCUT2D eigenvalue weighted by Gasteiger charge is 2.40. The van der Waals surface area contributed by atoms with Gasteiger partial charge < -0.3 is 9.88 Å². The number of aryl methyl sites for hydroxylation is 1. The number of nitriles is 1. The largest absolute Gasteiger partial charge is 0.338 e. The molecule has 9 heteroatoms. The van der Waals surface area contributed by atoms with Gasteiger partial charge in [-0.05, 0) is 37.1 Å².